The van der Waals surface area contributed by atoms with Gasteiger partial charge in [-0.1, -0.05) is 56.3 Å². The van der Waals surface area contributed by atoms with Gasteiger partial charge in [0.05, 0.1) is 12.3 Å². The molecule has 1 aromatic heterocycles. The molecule has 1 heteroatoms. The number of aromatic nitrogens is 1. The first-order valence-electron chi connectivity index (χ1n) is 9.81. The highest BCUT2D eigenvalue weighted by molar-refractivity contribution is 5.97. The van der Waals surface area contributed by atoms with E-state index in [2.05, 4.69) is 87.0 Å². The van der Waals surface area contributed by atoms with E-state index in [9.17, 15) is 0 Å². The summed E-state index contributed by atoms with van der Waals surface area (Å²) in [7, 11) is 2.08. The van der Waals surface area contributed by atoms with Crippen LogP contribution < -0.4 is 4.57 Å². The van der Waals surface area contributed by atoms with Gasteiger partial charge >= 0.3 is 0 Å². The molecule has 0 saturated heterocycles. The summed E-state index contributed by atoms with van der Waals surface area (Å²) in [5.41, 5.74) is 6.00. The Morgan fingerprint density at radius 2 is 1.58 bits per heavy atom. The quantitative estimate of drug-likeness (QED) is 0.381. The molecule has 1 heterocycles. The summed E-state index contributed by atoms with van der Waals surface area (Å²) >= 11 is 0. The molecule has 0 aliphatic rings. The molecule has 1 nitrogen and oxygen atoms in total. The number of pyridine rings is 1. The van der Waals surface area contributed by atoms with Crippen LogP contribution >= 0.6 is 0 Å². The summed E-state index contributed by atoms with van der Waals surface area (Å²) in [6, 6.07) is 20.3. The van der Waals surface area contributed by atoms with E-state index in [-0.39, 0.29) is 0 Å². The van der Waals surface area contributed by atoms with Crippen molar-refractivity contribution in [1.82, 2.24) is 0 Å². The summed E-state index contributed by atoms with van der Waals surface area (Å²) < 4.78 is 10.8. The second-order valence-electron chi connectivity index (χ2n) is 7.59. The third-order valence-electron chi connectivity index (χ3n) is 5.47. The number of benzene rings is 3. The van der Waals surface area contributed by atoms with E-state index in [0.29, 0.717) is 12.0 Å². The number of aryl methyl sites for hydroxylation is 1. The molecular weight excluding hydrogens is 314 g/mol. The topological polar surface area (TPSA) is 3.88 Å². The van der Waals surface area contributed by atoms with Crippen molar-refractivity contribution in [3.05, 3.63) is 77.5 Å². The van der Waals surface area contributed by atoms with E-state index >= 15 is 0 Å². The second-order valence-corrected chi connectivity index (χ2v) is 7.59. The molecule has 0 unspecified atom stereocenters. The van der Waals surface area contributed by atoms with E-state index in [1.54, 1.807) is 0 Å². The van der Waals surface area contributed by atoms with Crippen molar-refractivity contribution >= 4 is 21.5 Å². The average molecular weight is 341 g/mol. The molecule has 4 aromatic rings. The van der Waals surface area contributed by atoms with Gasteiger partial charge in [-0.05, 0) is 52.3 Å². The highest BCUT2D eigenvalue weighted by atomic mass is 14.9. The van der Waals surface area contributed by atoms with Crippen molar-refractivity contribution in [2.45, 2.75) is 33.6 Å². The van der Waals surface area contributed by atoms with Gasteiger partial charge in [-0.2, -0.15) is 4.57 Å². The Morgan fingerprint density at radius 3 is 2.27 bits per heavy atom. The summed E-state index contributed by atoms with van der Waals surface area (Å²) in [6.45, 7) is 8.66. The maximum absolute atomic E-state index is 8.63. The first-order chi connectivity index (χ1) is 12.9. The van der Waals surface area contributed by atoms with Crippen molar-refractivity contribution in [3.63, 3.8) is 0 Å². The monoisotopic (exact) mass is 341 g/mol. The first kappa shape index (κ1) is 15.6. The highest BCUT2D eigenvalue weighted by Crippen LogP contribution is 2.33. The molecule has 4 rings (SSSR count). The lowest BCUT2D eigenvalue weighted by Crippen LogP contribution is -2.35. The Balaban J connectivity index is 2.15. The molecule has 0 aliphatic heterocycles. The van der Waals surface area contributed by atoms with Gasteiger partial charge in [0, 0.05) is 13.0 Å². The van der Waals surface area contributed by atoms with Crippen LogP contribution in [0.5, 0.6) is 0 Å². The predicted molar refractivity (Wildman–Crippen MR) is 112 cm³/mol. The summed E-state index contributed by atoms with van der Waals surface area (Å²) in [5.74, 6) is 0.459. The van der Waals surface area contributed by atoms with Gasteiger partial charge in [0.2, 0.25) is 5.69 Å². The van der Waals surface area contributed by atoms with Crippen LogP contribution in [0.2, 0.25) is 0 Å². The van der Waals surface area contributed by atoms with Crippen molar-refractivity contribution in [2.75, 3.05) is 0 Å². The fraction of sp³-hybridized carbons (Fsp3) is 0.240. The van der Waals surface area contributed by atoms with Crippen LogP contribution in [0.1, 0.15) is 38.0 Å². The van der Waals surface area contributed by atoms with Crippen molar-refractivity contribution in [2.24, 2.45) is 7.05 Å². The predicted octanol–water partition coefficient (Wildman–Crippen LogP) is 6.22. The average Bonchev–Trinajstić information content (AvgIpc) is 2.66. The lowest BCUT2D eigenvalue weighted by molar-refractivity contribution is -0.665. The number of rotatable bonds is 2. The molecule has 3 aromatic carbocycles. The fourth-order valence-corrected chi connectivity index (χ4v) is 3.79. The van der Waals surface area contributed by atoms with Crippen LogP contribution in [-0.2, 0) is 7.05 Å². The Kier molecular flexibility index (Phi) is 3.74. The zero-order valence-corrected chi connectivity index (χ0v) is 16.2. The van der Waals surface area contributed by atoms with Gasteiger partial charge in [-0.15, -0.1) is 0 Å². The van der Waals surface area contributed by atoms with Crippen LogP contribution in [0.25, 0.3) is 32.8 Å². The number of fused-ring (bicyclic) bond motifs is 2. The molecule has 130 valence electrons. The zero-order valence-electron chi connectivity index (χ0n) is 17.2. The van der Waals surface area contributed by atoms with Crippen molar-refractivity contribution in [1.29, 1.82) is 0 Å². The van der Waals surface area contributed by atoms with Crippen LogP contribution in [0.3, 0.4) is 0 Å². The van der Waals surface area contributed by atoms with Crippen LogP contribution in [0.4, 0.5) is 0 Å². The van der Waals surface area contributed by atoms with Gasteiger partial charge in [-0.25, -0.2) is 0 Å². The van der Waals surface area contributed by atoms with Gasteiger partial charge in [-0.3, -0.25) is 0 Å². The summed E-state index contributed by atoms with van der Waals surface area (Å²) in [6.07, 6.45) is 0. The number of hydrogen-bond acceptors (Lipinski definition) is 0. The van der Waals surface area contributed by atoms with Gasteiger partial charge < -0.3 is 0 Å². The molecule has 0 N–H and O–H groups in total. The smallest absolute Gasteiger partial charge is 0.198 e. The van der Waals surface area contributed by atoms with Crippen molar-refractivity contribution in [3.8, 4) is 11.3 Å². The van der Waals surface area contributed by atoms with Crippen molar-refractivity contribution < 1.29 is 5.94 Å². The minimum atomic E-state index is 0.459. The van der Waals surface area contributed by atoms with Gasteiger partial charge in [0.15, 0.2) is 5.69 Å². The fourth-order valence-electron chi connectivity index (χ4n) is 3.79. The standard InChI is InChI=1S/C25H26N/c1-16(2)19-10-11-22-13-18(4)26(5)25(24(22)14-19)23-15-21-9-7-6-8-20(21)12-17(23)3/h6-16H,1-5H3/q+1/i13D. The largest absolute Gasteiger partial charge is 0.220 e. The molecule has 0 amide bonds. The Bertz CT molecular complexity index is 1190. The lowest BCUT2D eigenvalue weighted by Gasteiger charge is -2.13. The third kappa shape index (κ3) is 2.68. The molecular formula is C25H26N+. The minimum Gasteiger partial charge on any atom is -0.198 e. The normalized spacial score (nSPS) is 12.2. The molecule has 0 saturated carbocycles. The van der Waals surface area contributed by atoms with E-state index < -0.39 is 0 Å². The minimum absolute atomic E-state index is 0.459. The number of hydrogen-bond donors (Lipinski definition) is 0. The Labute approximate surface area is 157 Å². The molecule has 0 fully saturated rings. The summed E-state index contributed by atoms with van der Waals surface area (Å²) in [4.78, 5) is 0. The molecule has 0 spiro atoms. The maximum Gasteiger partial charge on any atom is 0.220 e. The zero-order chi connectivity index (χ0) is 19.3. The number of nitrogens with zero attached hydrogens (tertiary/aromatic N) is 1. The molecule has 0 bridgehead atoms. The SMILES string of the molecule is [2H]c1c(C)[n+](C)c(-c2cc3ccccc3cc2C)c2cc(C(C)C)ccc12. The van der Waals surface area contributed by atoms with E-state index in [1.165, 1.54) is 33.2 Å². The maximum atomic E-state index is 8.63. The lowest BCUT2D eigenvalue weighted by atomic mass is 9.93. The van der Waals surface area contributed by atoms with E-state index in [1.807, 2.05) is 6.92 Å². The Morgan fingerprint density at radius 1 is 0.885 bits per heavy atom. The highest BCUT2D eigenvalue weighted by Gasteiger charge is 2.20. The first-order valence-corrected chi connectivity index (χ1v) is 9.31. The van der Waals surface area contributed by atoms with Crippen LogP contribution in [-0.4, -0.2) is 0 Å². The van der Waals surface area contributed by atoms with Crippen LogP contribution in [0.15, 0.2) is 60.6 Å². The second kappa shape index (κ2) is 6.25. The van der Waals surface area contributed by atoms with E-state index in [0.717, 1.165) is 16.5 Å². The van der Waals surface area contributed by atoms with E-state index in [4.69, 9.17) is 1.37 Å². The molecule has 0 aliphatic carbocycles. The van der Waals surface area contributed by atoms with Gasteiger partial charge in [0.1, 0.15) is 7.05 Å². The third-order valence-corrected chi connectivity index (χ3v) is 5.47. The Hall–Kier alpha value is -2.67. The molecule has 26 heavy (non-hydrogen) atoms. The van der Waals surface area contributed by atoms with Gasteiger partial charge in [0.25, 0.3) is 0 Å². The molecule has 0 radical (unpaired) electrons. The van der Waals surface area contributed by atoms with Crippen LogP contribution in [0, 0.1) is 13.8 Å². The summed E-state index contributed by atoms with van der Waals surface area (Å²) in [5, 5.41) is 4.71. The molecule has 0 atom stereocenters.